The van der Waals surface area contributed by atoms with Crippen molar-refractivity contribution in [3.8, 4) is 32.8 Å². The predicted molar refractivity (Wildman–Crippen MR) is 148 cm³/mol. The van der Waals surface area contributed by atoms with E-state index < -0.39 is 0 Å². The molecule has 0 saturated carbocycles. The van der Waals surface area contributed by atoms with Gasteiger partial charge in [0.2, 0.25) is 0 Å². The Morgan fingerprint density at radius 3 is 1.50 bits per heavy atom. The second kappa shape index (κ2) is 14.9. The first-order valence-electron chi connectivity index (χ1n) is 13.1. The Morgan fingerprint density at radius 1 is 0.618 bits per heavy atom. The van der Waals surface area contributed by atoms with Crippen LogP contribution in [0.5, 0.6) is 23.0 Å². The first-order valence-corrected chi connectivity index (χ1v) is 14.7. The van der Waals surface area contributed by atoms with Crippen molar-refractivity contribution in [1.82, 2.24) is 0 Å². The fourth-order valence-corrected chi connectivity index (χ4v) is 6.49. The highest BCUT2D eigenvalue weighted by atomic mass is 32.1. The molecule has 2 atom stereocenters. The topological polar surface area (TPSA) is 36.9 Å². The summed E-state index contributed by atoms with van der Waals surface area (Å²) in [5.74, 6) is 4.51. The summed E-state index contributed by atoms with van der Waals surface area (Å²) in [5.41, 5.74) is 0. The van der Waals surface area contributed by atoms with Gasteiger partial charge in [-0.3, -0.25) is 0 Å². The molecule has 6 heteroatoms. The van der Waals surface area contributed by atoms with Gasteiger partial charge >= 0.3 is 0 Å². The van der Waals surface area contributed by atoms with E-state index in [1.165, 1.54) is 38.5 Å². The second-order valence-electron chi connectivity index (χ2n) is 9.15. The zero-order chi connectivity index (χ0) is 25.1. The lowest BCUT2D eigenvalue weighted by molar-refractivity contribution is 0.200. The molecule has 0 aliphatic rings. The Kier molecular flexibility index (Phi) is 12.6. The highest BCUT2D eigenvalue weighted by Gasteiger charge is 2.28. The SMILES string of the molecule is CCCCC(CC)COc1c(C)sc(-c2sc(C)c(OC)c2OC)c1OCC(CC)CCCC. The lowest BCUT2D eigenvalue weighted by atomic mass is 10.0. The molecule has 0 aliphatic carbocycles. The zero-order valence-corrected chi connectivity index (χ0v) is 24.3. The number of thiophene rings is 2. The highest BCUT2D eigenvalue weighted by molar-refractivity contribution is 7.23. The molecular weight excluding hydrogens is 464 g/mol. The van der Waals surface area contributed by atoms with Crippen LogP contribution in [0.25, 0.3) is 9.75 Å². The van der Waals surface area contributed by atoms with Crippen LogP contribution in [0.1, 0.15) is 88.8 Å². The maximum absolute atomic E-state index is 6.62. The lowest BCUT2D eigenvalue weighted by Gasteiger charge is -2.19. The van der Waals surface area contributed by atoms with Crippen LogP contribution < -0.4 is 18.9 Å². The maximum Gasteiger partial charge on any atom is 0.181 e. The van der Waals surface area contributed by atoms with Crippen LogP contribution in [0.3, 0.4) is 0 Å². The van der Waals surface area contributed by atoms with Gasteiger partial charge in [0.05, 0.1) is 37.2 Å². The molecule has 0 fully saturated rings. The summed E-state index contributed by atoms with van der Waals surface area (Å²) in [5, 5.41) is 0. The van der Waals surface area contributed by atoms with Gasteiger partial charge in [0.1, 0.15) is 0 Å². The van der Waals surface area contributed by atoms with Gasteiger partial charge in [0.15, 0.2) is 23.0 Å². The van der Waals surface area contributed by atoms with Crippen molar-refractivity contribution < 1.29 is 18.9 Å². The standard InChI is InChI=1S/C28H46O4S2/c1-9-13-15-21(11-3)17-31-24-20(6)34-28(26(24)32-18-22(12-4)16-14-10-2)27-25(30-8)23(29-7)19(5)33-27/h21-22H,9-18H2,1-8H3. The minimum Gasteiger partial charge on any atom is -0.492 e. The number of methoxy groups -OCH3 is 2. The molecule has 2 rings (SSSR count). The van der Waals surface area contributed by atoms with Crippen molar-refractivity contribution in [2.45, 2.75) is 92.9 Å². The van der Waals surface area contributed by atoms with Crippen molar-refractivity contribution >= 4 is 22.7 Å². The van der Waals surface area contributed by atoms with Gasteiger partial charge in [0.25, 0.3) is 0 Å². The molecule has 0 aliphatic heterocycles. The van der Waals surface area contributed by atoms with Gasteiger partial charge in [-0.25, -0.2) is 0 Å². The average Bonchev–Trinajstić information content (AvgIpc) is 3.34. The van der Waals surface area contributed by atoms with Gasteiger partial charge in [-0.1, -0.05) is 66.2 Å². The Labute approximate surface area is 216 Å². The molecule has 0 amide bonds. The van der Waals surface area contributed by atoms with E-state index in [1.807, 2.05) is 0 Å². The minimum atomic E-state index is 0.551. The van der Waals surface area contributed by atoms with Crippen molar-refractivity contribution in [2.24, 2.45) is 11.8 Å². The van der Waals surface area contributed by atoms with E-state index in [0.29, 0.717) is 18.4 Å². The average molecular weight is 511 g/mol. The van der Waals surface area contributed by atoms with Crippen LogP contribution in [-0.2, 0) is 0 Å². The predicted octanol–water partition coefficient (Wildman–Crippen LogP) is 9.30. The molecule has 2 heterocycles. The van der Waals surface area contributed by atoms with Crippen LogP contribution >= 0.6 is 22.7 Å². The molecule has 0 bridgehead atoms. The van der Waals surface area contributed by atoms with Crippen LogP contribution in [0.2, 0.25) is 0 Å². The Bertz CT molecular complexity index is 855. The van der Waals surface area contributed by atoms with E-state index >= 15 is 0 Å². The third-order valence-corrected chi connectivity index (χ3v) is 8.90. The van der Waals surface area contributed by atoms with E-state index in [1.54, 1.807) is 36.9 Å². The Hall–Kier alpha value is -1.40. The third-order valence-electron chi connectivity index (χ3n) is 6.60. The maximum atomic E-state index is 6.62. The van der Waals surface area contributed by atoms with Gasteiger partial charge in [0, 0.05) is 9.75 Å². The van der Waals surface area contributed by atoms with E-state index in [9.17, 15) is 0 Å². The fourth-order valence-electron chi connectivity index (χ4n) is 4.24. The summed E-state index contributed by atoms with van der Waals surface area (Å²) in [6.07, 6.45) is 9.60. The van der Waals surface area contributed by atoms with Crippen molar-refractivity contribution in [3.63, 3.8) is 0 Å². The summed E-state index contributed by atoms with van der Waals surface area (Å²) in [6.45, 7) is 14.7. The smallest absolute Gasteiger partial charge is 0.181 e. The largest absolute Gasteiger partial charge is 0.492 e. The minimum absolute atomic E-state index is 0.551. The highest BCUT2D eigenvalue weighted by Crippen LogP contribution is 2.56. The molecule has 194 valence electrons. The second-order valence-corrected chi connectivity index (χ2v) is 11.6. The summed E-state index contributed by atoms with van der Waals surface area (Å²) in [4.78, 5) is 4.42. The van der Waals surface area contributed by atoms with Gasteiger partial charge < -0.3 is 18.9 Å². The number of aryl methyl sites for hydroxylation is 2. The van der Waals surface area contributed by atoms with Gasteiger partial charge in [-0.2, -0.15) is 0 Å². The molecule has 0 saturated heterocycles. The summed E-state index contributed by atoms with van der Waals surface area (Å²) < 4.78 is 24.6. The number of hydrogen-bond donors (Lipinski definition) is 0. The van der Waals surface area contributed by atoms with E-state index in [0.717, 1.165) is 62.0 Å². The molecule has 2 aromatic heterocycles. The number of hydrogen-bond acceptors (Lipinski definition) is 6. The molecule has 4 nitrogen and oxygen atoms in total. The lowest BCUT2D eigenvalue weighted by Crippen LogP contribution is -2.14. The molecule has 0 N–H and O–H groups in total. The van der Waals surface area contributed by atoms with Crippen LogP contribution in [0, 0.1) is 25.7 Å². The molecular formula is C28H46O4S2. The third kappa shape index (κ3) is 7.30. The number of rotatable bonds is 17. The van der Waals surface area contributed by atoms with Gasteiger partial charge in [-0.15, -0.1) is 22.7 Å². The number of ether oxygens (including phenoxy) is 4. The van der Waals surface area contributed by atoms with Crippen molar-refractivity contribution in [3.05, 3.63) is 9.75 Å². The molecule has 2 aromatic rings. The summed E-state index contributed by atoms with van der Waals surface area (Å²) in [6, 6.07) is 0. The summed E-state index contributed by atoms with van der Waals surface area (Å²) >= 11 is 3.43. The van der Waals surface area contributed by atoms with Crippen molar-refractivity contribution in [1.29, 1.82) is 0 Å². The molecule has 34 heavy (non-hydrogen) atoms. The van der Waals surface area contributed by atoms with Crippen LogP contribution in [0.15, 0.2) is 0 Å². The van der Waals surface area contributed by atoms with E-state index in [4.69, 9.17) is 18.9 Å². The van der Waals surface area contributed by atoms with Crippen LogP contribution in [-0.4, -0.2) is 27.4 Å². The van der Waals surface area contributed by atoms with Gasteiger partial charge in [-0.05, 0) is 38.5 Å². The fraction of sp³-hybridized carbons (Fsp3) is 0.714. The zero-order valence-electron chi connectivity index (χ0n) is 22.7. The molecule has 0 radical (unpaired) electrons. The van der Waals surface area contributed by atoms with E-state index in [-0.39, 0.29) is 0 Å². The monoisotopic (exact) mass is 510 g/mol. The quantitative estimate of drug-likeness (QED) is 0.212. The van der Waals surface area contributed by atoms with E-state index in [2.05, 4.69) is 41.5 Å². The van der Waals surface area contributed by atoms with Crippen LogP contribution in [0.4, 0.5) is 0 Å². The molecule has 0 spiro atoms. The normalized spacial score (nSPS) is 13.1. The molecule has 0 aromatic carbocycles. The summed E-state index contributed by atoms with van der Waals surface area (Å²) in [7, 11) is 3.41. The number of unbranched alkanes of at least 4 members (excludes halogenated alkanes) is 2. The first-order chi connectivity index (χ1) is 16.4. The molecule has 2 unspecified atom stereocenters. The Balaban J connectivity index is 2.42. The Morgan fingerprint density at radius 2 is 1.06 bits per heavy atom. The first kappa shape index (κ1) is 28.8. The van der Waals surface area contributed by atoms with Crippen molar-refractivity contribution in [2.75, 3.05) is 27.4 Å².